The number of methoxy groups -OCH3 is 1. The summed E-state index contributed by atoms with van der Waals surface area (Å²) >= 11 is 0. The van der Waals surface area contributed by atoms with Crippen LogP contribution in [0.15, 0.2) is 47.0 Å². The second kappa shape index (κ2) is 8.96. The molecule has 5 nitrogen and oxygen atoms in total. The number of ether oxygens (including phenoxy) is 1. The highest BCUT2D eigenvalue weighted by molar-refractivity contribution is 5.82. The van der Waals surface area contributed by atoms with Gasteiger partial charge in [0.05, 0.1) is 12.6 Å². The number of fused-ring (bicyclic) bond motifs is 2. The SMILES string of the molecule is COc1ccc2nc(N[C@H](C)CC3CCC(c4ccnc5ccc(F)cc45)CC3)oc2c1F. The molecule has 1 aliphatic carbocycles. The number of pyridine rings is 1. The molecule has 0 saturated heterocycles. The molecule has 1 N–H and O–H groups in total. The summed E-state index contributed by atoms with van der Waals surface area (Å²) in [6.45, 7) is 2.09. The lowest BCUT2D eigenvalue weighted by atomic mass is 9.76. The number of aromatic nitrogens is 2. The fraction of sp³-hybridized carbons (Fsp3) is 0.385. The molecule has 0 radical (unpaired) electrons. The summed E-state index contributed by atoms with van der Waals surface area (Å²) in [7, 11) is 1.42. The van der Waals surface area contributed by atoms with Gasteiger partial charge in [0.25, 0.3) is 6.01 Å². The molecule has 5 rings (SSSR count). The molecule has 2 heterocycles. The van der Waals surface area contributed by atoms with E-state index in [0.717, 1.165) is 43.0 Å². The van der Waals surface area contributed by atoms with Crippen LogP contribution in [0.2, 0.25) is 0 Å². The van der Waals surface area contributed by atoms with Gasteiger partial charge in [0.2, 0.25) is 5.82 Å². The van der Waals surface area contributed by atoms with Crippen molar-refractivity contribution in [3.05, 3.63) is 59.8 Å². The highest BCUT2D eigenvalue weighted by atomic mass is 19.1. The number of hydrogen-bond acceptors (Lipinski definition) is 5. The van der Waals surface area contributed by atoms with Gasteiger partial charge in [-0.05, 0) is 92.8 Å². The molecule has 0 amide bonds. The van der Waals surface area contributed by atoms with E-state index in [1.54, 1.807) is 24.3 Å². The lowest BCUT2D eigenvalue weighted by Gasteiger charge is -2.31. The minimum absolute atomic E-state index is 0.102. The maximum absolute atomic E-state index is 14.4. The Morgan fingerprint density at radius 3 is 2.67 bits per heavy atom. The molecule has 33 heavy (non-hydrogen) atoms. The van der Waals surface area contributed by atoms with Crippen molar-refractivity contribution >= 4 is 28.0 Å². The number of rotatable bonds is 6. The van der Waals surface area contributed by atoms with Crippen molar-refractivity contribution in [2.75, 3.05) is 12.4 Å². The molecule has 2 aromatic carbocycles. The van der Waals surface area contributed by atoms with Crippen LogP contribution < -0.4 is 10.1 Å². The molecular weight excluding hydrogens is 424 g/mol. The zero-order valence-corrected chi connectivity index (χ0v) is 18.8. The van der Waals surface area contributed by atoms with Gasteiger partial charge >= 0.3 is 0 Å². The average molecular weight is 452 g/mol. The predicted molar refractivity (Wildman–Crippen MR) is 125 cm³/mol. The van der Waals surface area contributed by atoms with Crippen molar-refractivity contribution in [2.45, 2.75) is 51.0 Å². The maximum atomic E-state index is 14.4. The Bertz CT molecular complexity index is 1280. The number of nitrogens with zero attached hydrogens (tertiary/aromatic N) is 2. The molecule has 4 aromatic rings. The van der Waals surface area contributed by atoms with E-state index in [0.29, 0.717) is 23.4 Å². The normalized spacial score (nSPS) is 19.6. The Hall–Kier alpha value is -3.22. The molecule has 0 spiro atoms. The van der Waals surface area contributed by atoms with E-state index in [2.05, 4.69) is 22.2 Å². The number of hydrogen-bond donors (Lipinski definition) is 1. The quantitative estimate of drug-likeness (QED) is 0.348. The number of anilines is 1. The van der Waals surface area contributed by atoms with Crippen LogP contribution in [0.1, 0.15) is 50.5 Å². The number of halogens is 2. The Labute approximate surface area is 191 Å². The zero-order valence-electron chi connectivity index (χ0n) is 18.8. The second-order valence-corrected chi connectivity index (χ2v) is 9.01. The zero-order chi connectivity index (χ0) is 22.9. The Morgan fingerprint density at radius 1 is 1.09 bits per heavy atom. The third kappa shape index (κ3) is 4.36. The molecule has 7 heteroatoms. The number of oxazole rings is 1. The van der Waals surface area contributed by atoms with Crippen LogP contribution in [-0.4, -0.2) is 23.1 Å². The van der Waals surface area contributed by atoms with E-state index >= 15 is 0 Å². The van der Waals surface area contributed by atoms with Crippen molar-refractivity contribution in [3.8, 4) is 5.75 Å². The Balaban J connectivity index is 1.21. The van der Waals surface area contributed by atoms with Crippen molar-refractivity contribution in [1.29, 1.82) is 0 Å². The van der Waals surface area contributed by atoms with Gasteiger partial charge in [-0.1, -0.05) is 0 Å². The molecule has 1 fully saturated rings. The average Bonchev–Trinajstić information content (AvgIpc) is 3.23. The van der Waals surface area contributed by atoms with Gasteiger partial charge in [0.1, 0.15) is 11.3 Å². The largest absolute Gasteiger partial charge is 0.494 e. The first-order valence-corrected chi connectivity index (χ1v) is 11.5. The Morgan fingerprint density at radius 2 is 1.88 bits per heavy atom. The van der Waals surface area contributed by atoms with Crippen LogP contribution in [0, 0.1) is 17.6 Å². The summed E-state index contributed by atoms with van der Waals surface area (Å²) in [5.41, 5.74) is 2.62. The number of benzene rings is 2. The third-order valence-electron chi connectivity index (χ3n) is 6.76. The van der Waals surface area contributed by atoms with Gasteiger partial charge < -0.3 is 14.5 Å². The van der Waals surface area contributed by atoms with Gasteiger partial charge in [-0.2, -0.15) is 9.37 Å². The first-order valence-electron chi connectivity index (χ1n) is 11.5. The number of nitrogens with one attached hydrogen (secondary N) is 1. The standard InChI is InChI=1S/C26H27F2N3O2/c1-15(30-26-31-22-9-10-23(32-2)24(28)25(22)33-26)13-16-3-5-17(6-4-16)19-11-12-29-21-8-7-18(27)14-20(19)21/h7-12,14-17H,3-6,13H2,1-2H3,(H,30,31)/t15-,16?,17?/m1/s1. The van der Waals surface area contributed by atoms with Crippen LogP contribution in [0.3, 0.4) is 0 Å². The maximum Gasteiger partial charge on any atom is 0.296 e. The first kappa shape index (κ1) is 21.6. The molecule has 1 atom stereocenters. The molecule has 0 bridgehead atoms. The fourth-order valence-electron chi connectivity index (χ4n) is 5.14. The van der Waals surface area contributed by atoms with E-state index in [4.69, 9.17) is 9.15 Å². The lowest BCUT2D eigenvalue weighted by Crippen LogP contribution is -2.23. The van der Waals surface area contributed by atoms with Crippen LogP contribution in [0.5, 0.6) is 5.75 Å². The molecular formula is C26H27F2N3O2. The van der Waals surface area contributed by atoms with Crippen LogP contribution in [0.25, 0.3) is 22.0 Å². The predicted octanol–water partition coefficient (Wildman–Crippen LogP) is 6.83. The topological polar surface area (TPSA) is 60.2 Å². The second-order valence-electron chi connectivity index (χ2n) is 9.01. The summed E-state index contributed by atoms with van der Waals surface area (Å²) < 4.78 is 38.8. The van der Waals surface area contributed by atoms with E-state index in [-0.39, 0.29) is 23.2 Å². The van der Waals surface area contributed by atoms with Gasteiger partial charge in [-0.3, -0.25) is 4.98 Å². The van der Waals surface area contributed by atoms with E-state index in [1.165, 1.54) is 18.7 Å². The summed E-state index contributed by atoms with van der Waals surface area (Å²) in [6.07, 6.45) is 7.15. The summed E-state index contributed by atoms with van der Waals surface area (Å²) in [5.74, 6) is 0.384. The van der Waals surface area contributed by atoms with Gasteiger partial charge in [-0.25, -0.2) is 4.39 Å². The van der Waals surface area contributed by atoms with Crippen LogP contribution >= 0.6 is 0 Å². The minimum Gasteiger partial charge on any atom is -0.494 e. The van der Waals surface area contributed by atoms with Crippen LogP contribution in [-0.2, 0) is 0 Å². The van der Waals surface area contributed by atoms with Gasteiger partial charge in [0, 0.05) is 17.6 Å². The lowest BCUT2D eigenvalue weighted by molar-refractivity contribution is 0.301. The van der Waals surface area contributed by atoms with Crippen LogP contribution in [0.4, 0.5) is 14.8 Å². The minimum atomic E-state index is -0.537. The fourth-order valence-corrected chi connectivity index (χ4v) is 5.14. The third-order valence-corrected chi connectivity index (χ3v) is 6.76. The molecule has 2 aromatic heterocycles. The summed E-state index contributed by atoms with van der Waals surface area (Å²) in [6, 6.07) is 10.6. The highest BCUT2D eigenvalue weighted by Gasteiger charge is 2.25. The van der Waals surface area contributed by atoms with Crippen molar-refractivity contribution in [2.24, 2.45) is 5.92 Å². The Kier molecular flexibility index (Phi) is 5.87. The van der Waals surface area contributed by atoms with Gasteiger partial charge in [0.15, 0.2) is 11.3 Å². The molecule has 172 valence electrons. The van der Waals surface area contributed by atoms with E-state index in [1.807, 2.05) is 12.3 Å². The molecule has 0 aliphatic heterocycles. The molecule has 1 aliphatic rings. The van der Waals surface area contributed by atoms with E-state index in [9.17, 15) is 8.78 Å². The summed E-state index contributed by atoms with van der Waals surface area (Å²) in [5, 5.41) is 4.21. The first-order chi connectivity index (χ1) is 16.0. The summed E-state index contributed by atoms with van der Waals surface area (Å²) in [4.78, 5) is 8.74. The van der Waals surface area contributed by atoms with Gasteiger partial charge in [-0.15, -0.1) is 0 Å². The van der Waals surface area contributed by atoms with Crippen molar-refractivity contribution in [3.63, 3.8) is 0 Å². The smallest absolute Gasteiger partial charge is 0.296 e. The van der Waals surface area contributed by atoms with Crippen molar-refractivity contribution < 1.29 is 17.9 Å². The molecule has 0 unspecified atom stereocenters. The van der Waals surface area contributed by atoms with E-state index < -0.39 is 5.82 Å². The van der Waals surface area contributed by atoms with Crippen molar-refractivity contribution in [1.82, 2.24) is 9.97 Å². The highest BCUT2D eigenvalue weighted by Crippen LogP contribution is 2.40. The molecule has 1 saturated carbocycles. The monoisotopic (exact) mass is 451 g/mol.